The van der Waals surface area contributed by atoms with Gasteiger partial charge in [-0.3, -0.25) is 14.9 Å². The van der Waals surface area contributed by atoms with Gasteiger partial charge in [-0.1, -0.05) is 30.3 Å². The van der Waals surface area contributed by atoms with Crippen LogP contribution in [0.2, 0.25) is 0 Å². The van der Waals surface area contributed by atoms with E-state index in [2.05, 4.69) is 5.32 Å². The first-order valence-electron chi connectivity index (χ1n) is 6.50. The molecule has 0 heterocycles. The van der Waals surface area contributed by atoms with Gasteiger partial charge in [0.25, 0.3) is 5.69 Å². The van der Waals surface area contributed by atoms with Crippen LogP contribution in [0, 0.1) is 15.9 Å². The fraction of sp³-hybridized carbons (Fsp3) is 0.0625. The van der Waals surface area contributed by atoms with Crippen molar-refractivity contribution in [1.29, 1.82) is 0 Å². The van der Waals surface area contributed by atoms with E-state index in [1.165, 1.54) is 36.4 Å². The molecule has 0 atom stereocenters. The van der Waals surface area contributed by atoms with Crippen molar-refractivity contribution in [2.75, 3.05) is 0 Å². The van der Waals surface area contributed by atoms with Gasteiger partial charge in [0.05, 0.1) is 4.92 Å². The predicted molar refractivity (Wildman–Crippen MR) is 80.4 cm³/mol. The Labute approximate surface area is 126 Å². The average Bonchev–Trinajstić information content (AvgIpc) is 2.52. The lowest BCUT2D eigenvalue weighted by Gasteiger charge is -2.03. The Kier molecular flexibility index (Phi) is 4.98. The molecular formula is C16H13FN2O3. The van der Waals surface area contributed by atoms with Gasteiger partial charge in [0, 0.05) is 30.3 Å². The fourth-order valence-corrected chi connectivity index (χ4v) is 1.80. The summed E-state index contributed by atoms with van der Waals surface area (Å²) in [5, 5.41) is 13.2. The Hall–Kier alpha value is -3.02. The Morgan fingerprint density at radius 3 is 2.73 bits per heavy atom. The lowest BCUT2D eigenvalue weighted by atomic mass is 10.2. The summed E-state index contributed by atoms with van der Waals surface area (Å²) in [6.07, 6.45) is 2.71. The third-order valence-electron chi connectivity index (χ3n) is 2.92. The molecule has 0 fully saturated rings. The first-order valence-corrected chi connectivity index (χ1v) is 6.50. The molecule has 0 aliphatic heterocycles. The largest absolute Gasteiger partial charge is 0.348 e. The van der Waals surface area contributed by atoms with Crippen LogP contribution < -0.4 is 5.32 Å². The molecule has 2 rings (SSSR count). The molecule has 22 heavy (non-hydrogen) atoms. The molecule has 0 radical (unpaired) electrons. The van der Waals surface area contributed by atoms with Crippen molar-refractivity contribution < 1.29 is 14.1 Å². The lowest BCUT2D eigenvalue weighted by molar-refractivity contribution is -0.384. The van der Waals surface area contributed by atoms with Crippen molar-refractivity contribution in [2.45, 2.75) is 6.54 Å². The molecule has 2 aromatic rings. The van der Waals surface area contributed by atoms with Gasteiger partial charge in [0.15, 0.2) is 0 Å². The molecule has 0 bridgehead atoms. The molecule has 112 valence electrons. The van der Waals surface area contributed by atoms with Gasteiger partial charge < -0.3 is 5.32 Å². The molecule has 0 unspecified atom stereocenters. The number of halogens is 1. The van der Waals surface area contributed by atoms with Gasteiger partial charge in [-0.2, -0.15) is 0 Å². The molecule has 0 saturated heterocycles. The Morgan fingerprint density at radius 1 is 1.23 bits per heavy atom. The summed E-state index contributed by atoms with van der Waals surface area (Å²) in [5.41, 5.74) is 0.878. The van der Waals surface area contributed by atoms with Crippen molar-refractivity contribution in [3.63, 3.8) is 0 Å². The van der Waals surface area contributed by atoms with Gasteiger partial charge >= 0.3 is 0 Å². The number of carbonyl (C=O) groups excluding carboxylic acids is 1. The zero-order valence-corrected chi connectivity index (χ0v) is 11.5. The first-order chi connectivity index (χ1) is 10.6. The molecule has 1 amide bonds. The maximum atomic E-state index is 13.4. The van der Waals surface area contributed by atoms with Crippen LogP contribution in [-0.2, 0) is 11.3 Å². The molecule has 0 aliphatic carbocycles. The van der Waals surface area contributed by atoms with Crippen LogP contribution in [0.4, 0.5) is 10.1 Å². The maximum Gasteiger partial charge on any atom is 0.270 e. The van der Waals surface area contributed by atoms with E-state index in [1.807, 2.05) is 0 Å². The van der Waals surface area contributed by atoms with E-state index < -0.39 is 10.8 Å². The van der Waals surface area contributed by atoms with Crippen molar-refractivity contribution in [1.82, 2.24) is 5.32 Å². The summed E-state index contributed by atoms with van der Waals surface area (Å²) in [6.45, 7) is 0.0742. The number of nitrogens with zero attached hydrogens (tertiary/aromatic N) is 1. The Bertz CT molecular complexity index is 729. The highest BCUT2D eigenvalue weighted by atomic mass is 19.1. The van der Waals surface area contributed by atoms with Crippen LogP contribution in [-0.4, -0.2) is 10.8 Å². The second-order valence-corrected chi connectivity index (χ2v) is 4.49. The number of amides is 1. The summed E-state index contributed by atoms with van der Waals surface area (Å²) in [5.74, 6) is -0.791. The summed E-state index contributed by atoms with van der Waals surface area (Å²) in [4.78, 5) is 21.8. The topological polar surface area (TPSA) is 72.2 Å². The van der Waals surface area contributed by atoms with Crippen LogP contribution in [0.25, 0.3) is 6.08 Å². The molecular weight excluding hydrogens is 287 g/mol. The van der Waals surface area contributed by atoms with Gasteiger partial charge in [0.2, 0.25) is 5.91 Å². The number of nitro groups is 1. The van der Waals surface area contributed by atoms with Crippen molar-refractivity contribution in [3.8, 4) is 0 Å². The summed E-state index contributed by atoms with van der Waals surface area (Å²) in [6, 6.07) is 12.1. The number of nitro benzene ring substituents is 1. The molecule has 0 spiro atoms. The van der Waals surface area contributed by atoms with Crippen LogP contribution in [0.5, 0.6) is 0 Å². The molecule has 1 N–H and O–H groups in total. The second kappa shape index (κ2) is 7.12. The average molecular weight is 300 g/mol. The minimum absolute atomic E-state index is 0.0473. The van der Waals surface area contributed by atoms with Gasteiger partial charge in [0.1, 0.15) is 5.82 Å². The Morgan fingerprint density at radius 2 is 2.00 bits per heavy atom. The van der Waals surface area contributed by atoms with Gasteiger partial charge in [-0.05, 0) is 17.7 Å². The van der Waals surface area contributed by atoms with E-state index in [0.717, 1.165) is 0 Å². The zero-order valence-electron chi connectivity index (χ0n) is 11.5. The summed E-state index contributed by atoms with van der Waals surface area (Å²) < 4.78 is 13.4. The third kappa shape index (κ3) is 4.24. The quantitative estimate of drug-likeness (QED) is 0.524. The zero-order chi connectivity index (χ0) is 15.9. The number of non-ortho nitro benzene ring substituents is 1. The van der Waals surface area contributed by atoms with Gasteiger partial charge in [-0.15, -0.1) is 0 Å². The summed E-state index contributed by atoms with van der Waals surface area (Å²) in [7, 11) is 0. The van der Waals surface area contributed by atoms with E-state index >= 15 is 0 Å². The number of rotatable bonds is 5. The molecule has 6 heteroatoms. The van der Waals surface area contributed by atoms with E-state index in [9.17, 15) is 19.3 Å². The highest BCUT2D eigenvalue weighted by molar-refractivity contribution is 5.91. The van der Waals surface area contributed by atoms with Crippen molar-refractivity contribution in [3.05, 3.63) is 81.7 Å². The molecule has 0 aromatic heterocycles. The summed E-state index contributed by atoms with van der Waals surface area (Å²) >= 11 is 0. The smallest absolute Gasteiger partial charge is 0.270 e. The highest BCUT2D eigenvalue weighted by Crippen LogP contribution is 2.14. The standard InChI is InChI=1S/C16H13FN2O3/c17-15-7-2-1-5-13(15)11-18-16(20)9-8-12-4-3-6-14(10-12)19(21)22/h1-10H,11H2,(H,18,20)/b9-8+. The van der Waals surface area contributed by atoms with E-state index in [-0.39, 0.29) is 18.0 Å². The first kappa shape index (κ1) is 15.4. The molecule has 2 aromatic carbocycles. The number of hydrogen-bond acceptors (Lipinski definition) is 3. The minimum atomic E-state index is -0.504. The van der Waals surface area contributed by atoms with E-state index in [1.54, 1.807) is 24.3 Å². The number of carbonyl (C=O) groups is 1. The maximum absolute atomic E-state index is 13.4. The minimum Gasteiger partial charge on any atom is -0.348 e. The fourth-order valence-electron chi connectivity index (χ4n) is 1.80. The van der Waals surface area contributed by atoms with E-state index in [0.29, 0.717) is 11.1 Å². The number of benzene rings is 2. The van der Waals surface area contributed by atoms with Gasteiger partial charge in [-0.25, -0.2) is 4.39 Å². The van der Waals surface area contributed by atoms with Crippen LogP contribution in [0.15, 0.2) is 54.6 Å². The number of nitrogens with one attached hydrogen (secondary N) is 1. The molecule has 0 aliphatic rings. The second-order valence-electron chi connectivity index (χ2n) is 4.49. The SMILES string of the molecule is O=C(/C=C/c1cccc([N+](=O)[O-])c1)NCc1ccccc1F. The van der Waals surface area contributed by atoms with Crippen molar-refractivity contribution in [2.24, 2.45) is 0 Å². The lowest BCUT2D eigenvalue weighted by Crippen LogP contribution is -2.20. The van der Waals surface area contributed by atoms with E-state index in [4.69, 9.17) is 0 Å². The highest BCUT2D eigenvalue weighted by Gasteiger charge is 2.05. The van der Waals surface area contributed by atoms with Crippen molar-refractivity contribution >= 4 is 17.7 Å². The van der Waals surface area contributed by atoms with Crippen LogP contribution in [0.3, 0.4) is 0 Å². The van der Waals surface area contributed by atoms with Crippen LogP contribution >= 0.6 is 0 Å². The van der Waals surface area contributed by atoms with Crippen LogP contribution in [0.1, 0.15) is 11.1 Å². The molecule has 5 nitrogen and oxygen atoms in total. The predicted octanol–water partition coefficient (Wildman–Crippen LogP) is 3.06. The normalized spacial score (nSPS) is 10.6. The Balaban J connectivity index is 1.96. The number of hydrogen-bond donors (Lipinski definition) is 1. The molecule has 0 saturated carbocycles. The third-order valence-corrected chi connectivity index (χ3v) is 2.92. The monoisotopic (exact) mass is 300 g/mol.